The summed E-state index contributed by atoms with van der Waals surface area (Å²) in [5.74, 6) is 0. The molecule has 0 aliphatic rings. The molecule has 0 aliphatic heterocycles. The largest absolute Gasteiger partial charge is 0.393 e. The lowest BCUT2D eigenvalue weighted by Gasteiger charge is -2.02. The Morgan fingerprint density at radius 3 is 2.83 bits per heavy atom. The van der Waals surface area contributed by atoms with Gasteiger partial charge in [-0.2, -0.15) is 0 Å². The monoisotopic (exact) mass is 311 g/mol. The van der Waals surface area contributed by atoms with E-state index in [0.29, 0.717) is 11.4 Å². The van der Waals surface area contributed by atoms with Crippen molar-refractivity contribution in [2.24, 2.45) is 5.73 Å². The lowest BCUT2D eigenvalue weighted by molar-refractivity contribution is 1.30. The van der Waals surface area contributed by atoms with E-state index in [1.165, 1.54) is 0 Å². The van der Waals surface area contributed by atoms with E-state index in [1.807, 2.05) is 18.2 Å². The van der Waals surface area contributed by atoms with Crippen LogP contribution in [-0.4, -0.2) is 4.99 Å². The molecule has 0 aliphatic carbocycles. The molecule has 1 aromatic carbocycles. The predicted molar refractivity (Wildman–Crippen MR) is 64.7 cm³/mol. The summed E-state index contributed by atoms with van der Waals surface area (Å²) in [6.07, 6.45) is 0.619. The van der Waals surface area contributed by atoms with Gasteiger partial charge in [-0.25, -0.2) is 0 Å². The summed E-state index contributed by atoms with van der Waals surface area (Å²) >= 11 is 12.9. The molecule has 2 N–H and O–H groups in total. The van der Waals surface area contributed by atoms with Crippen molar-refractivity contribution in [1.29, 1.82) is 0 Å². The first-order chi connectivity index (χ1) is 5.59. The average Bonchev–Trinajstić information content (AvgIpc) is 1.96. The third-order valence-corrected chi connectivity index (χ3v) is 2.80. The van der Waals surface area contributed by atoms with Crippen molar-refractivity contribution in [3.63, 3.8) is 0 Å². The maximum absolute atomic E-state index is 5.81. The molecule has 1 nitrogen and oxygen atoms in total. The summed E-state index contributed by atoms with van der Waals surface area (Å²) in [5.41, 5.74) is 6.52. The van der Waals surface area contributed by atoms with E-state index in [9.17, 15) is 0 Å². The number of rotatable bonds is 2. The fourth-order valence-electron chi connectivity index (χ4n) is 0.866. The zero-order chi connectivity index (χ0) is 9.14. The zero-order valence-corrected chi connectivity index (χ0v) is 9.91. The molecule has 0 saturated heterocycles. The van der Waals surface area contributed by atoms with Crippen LogP contribution >= 0.6 is 46.4 Å². The van der Waals surface area contributed by atoms with Crippen LogP contribution in [0, 0.1) is 3.57 Å². The molecule has 0 amide bonds. The van der Waals surface area contributed by atoms with Crippen LogP contribution in [0.1, 0.15) is 5.56 Å². The molecule has 1 rings (SSSR count). The van der Waals surface area contributed by atoms with Crippen LogP contribution in [0.25, 0.3) is 0 Å². The molecule has 1 aromatic rings. The van der Waals surface area contributed by atoms with E-state index in [0.717, 1.165) is 14.2 Å². The van der Waals surface area contributed by atoms with Crippen LogP contribution in [-0.2, 0) is 6.42 Å². The highest BCUT2D eigenvalue weighted by atomic mass is 127. The predicted octanol–water partition coefficient (Wildman–Crippen LogP) is 2.77. The minimum atomic E-state index is 0.496. The van der Waals surface area contributed by atoms with Gasteiger partial charge in [0, 0.05) is 15.0 Å². The number of hydrogen-bond acceptors (Lipinski definition) is 1. The molecule has 0 unspecified atom stereocenters. The molecule has 0 heterocycles. The zero-order valence-electron chi connectivity index (χ0n) is 6.18. The van der Waals surface area contributed by atoms with Gasteiger partial charge in [-0.3, -0.25) is 0 Å². The van der Waals surface area contributed by atoms with Crippen LogP contribution in [0.15, 0.2) is 18.2 Å². The van der Waals surface area contributed by atoms with E-state index in [4.69, 9.17) is 29.6 Å². The number of benzene rings is 1. The molecule has 64 valence electrons. The van der Waals surface area contributed by atoms with Crippen molar-refractivity contribution >= 4 is 51.4 Å². The Hall–Kier alpha value is 0.130. The van der Waals surface area contributed by atoms with Crippen molar-refractivity contribution in [2.45, 2.75) is 6.42 Å². The number of thiocarbonyl (C=S) groups is 1. The molecule has 0 spiro atoms. The summed E-state index contributed by atoms with van der Waals surface area (Å²) in [7, 11) is 0. The van der Waals surface area contributed by atoms with Crippen molar-refractivity contribution < 1.29 is 0 Å². The lowest BCUT2D eigenvalue weighted by Crippen LogP contribution is -2.11. The van der Waals surface area contributed by atoms with Crippen molar-refractivity contribution in [3.05, 3.63) is 32.4 Å². The van der Waals surface area contributed by atoms with Gasteiger partial charge >= 0.3 is 0 Å². The summed E-state index contributed by atoms with van der Waals surface area (Å²) in [6, 6.07) is 5.70. The minimum absolute atomic E-state index is 0.496. The van der Waals surface area contributed by atoms with Crippen LogP contribution in [0.4, 0.5) is 0 Å². The fraction of sp³-hybridized carbons (Fsp3) is 0.125. The third-order valence-electron chi connectivity index (χ3n) is 1.37. The molecular weight excluding hydrogens is 305 g/mol. The lowest BCUT2D eigenvalue weighted by atomic mass is 10.1. The van der Waals surface area contributed by atoms with Gasteiger partial charge in [0.05, 0.1) is 4.99 Å². The van der Waals surface area contributed by atoms with Gasteiger partial charge in [-0.05, 0) is 46.4 Å². The number of nitrogens with two attached hydrogens (primary N) is 1. The SMILES string of the molecule is NC(=S)Cc1cc(Cl)ccc1I. The Kier molecular flexibility index (Phi) is 3.74. The standard InChI is InChI=1S/C8H7ClINS/c9-6-1-2-7(10)5(3-6)4-8(11)12/h1-3H,4H2,(H2,11,12). The Labute approximate surface area is 95.4 Å². The first kappa shape index (κ1) is 10.2. The summed E-state index contributed by atoms with van der Waals surface area (Å²) < 4.78 is 1.14. The molecule has 0 saturated carbocycles. The topological polar surface area (TPSA) is 26.0 Å². The quantitative estimate of drug-likeness (QED) is 0.671. The first-order valence-corrected chi connectivity index (χ1v) is 5.18. The summed E-state index contributed by atoms with van der Waals surface area (Å²) in [5, 5.41) is 0.724. The molecule has 0 radical (unpaired) electrons. The third kappa shape index (κ3) is 2.88. The normalized spacial score (nSPS) is 9.83. The molecule has 0 atom stereocenters. The van der Waals surface area contributed by atoms with Crippen LogP contribution in [0.5, 0.6) is 0 Å². The van der Waals surface area contributed by atoms with E-state index in [1.54, 1.807) is 0 Å². The van der Waals surface area contributed by atoms with Crippen molar-refractivity contribution in [3.8, 4) is 0 Å². The van der Waals surface area contributed by atoms with Gasteiger partial charge in [-0.15, -0.1) is 0 Å². The molecule has 0 bridgehead atoms. The van der Waals surface area contributed by atoms with Gasteiger partial charge in [0.15, 0.2) is 0 Å². The van der Waals surface area contributed by atoms with Crippen molar-refractivity contribution in [2.75, 3.05) is 0 Å². The van der Waals surface area contributed by atoms with Gasteiger partial charge < -0.3 is 5.73 Å². The van der Waals surface area contributed by atoms with Gasteiger partial charge in [-0.1, -0.05) is 23.8 Å². The second-order valence-corrected chi connectivity index (χ2v) is 4.50. The van der Waals surface area contributed by atoms with E-state index in [-0.39, 0.29) is 0 Å². The van der Waals surface area contributed by atoms with E-state index >= 15 is 0 Å². The Morgan fingerprint density at radius 1 is 1.58 bits per heavy atom. The molecule has 0 aromatic heterocycles. The van der Waals surface area contributed by atoms with Gasteiger partial charge in [0.1, 0.15) is 0 Å². The maximum atomic E-state index is 5.81. The second kappa shape index (κ2) is 4.39. The van der Waals surface area contributed by atoms with Gasteiger partial charge in [0.2, 0.25) is 0 Å². The highest BCUT2D eigenvalue weighted by molar-refractivity contribution is 14.1. The molecule has 12 heavy (non-hydrogen) atoms. The van der Waals surface area contributed by atoms with Gasteiger partial charge in [0.25, 0.3) is 0 Å². The Balaban J connectivity index is 2.97. The fourth-order valence-corrected chi connectivity index (χ4v) is 1.74. The van der Waals surface area contributed by atoms with Crippen LogP contribution in [0.2, 0.25) is 5.02 Å². The molecule has 0 fully saturated rings. The first-order valence-electron chi connectivity index (χ1n) is 3.32. The highest BCUT2D eigenvalue weighted by Crippen LogP contribution is 2.18. The summed E-state index contributed by atoms with van der Waals surface area (Å²) in [4.78, 5) is 0.496. The Bertz CT molecular complexity index is 314. The average molecular weight is 312 g/mol. The number of halogens is 2. The van der Waals surface area contributed by atoms with E-state index < -0.39 is 0 Å². The smallest absolute Gasteiger partial charge is 0.0772 e. The molecule has 4 heteroatoms. The summed E-state index contributed by atoms with van der Waals surface area (Å²) in [6.45, 7) is 0. The number of hydrogen-bond donors (Lipinski definition) is 1. The minimum Gasteiger partial charge on any atom is -0.393 e. The second-order valence-electron chi connectivity index (χ2n) is 2.38. The van der Waals surface area contributed by atoms with Crippen molar-refractivity contribution in [1.82, 2.24) is 0 Å². The highest BCUT2D eigenvalue weighted by Gasteiger charge is 2.01. The van der Waals surface area contributed by atoms with Crippen LogP contribution < -0.4 is 5.73 Å². The Morgan fingerprint density at radius 2 is 2.25 bits per heavy atom. The molecular formula is C8H7ClINS. The van der Waals surface area contributed by atoms with Crippen LogP contribution in [0.3, 0.4) is 0 Å². The maximum Gasteiger partial charge on any atom is 0.0772 e. The van der Waals surface area contributed by atoms with E-state index in [2.05, 4.69) is 22.6 Å².